The van der Waals surface area contributed by atoms with Gasteiger partial charge in [-0.2, -0.15) is 0 Å². The van der Waals surface area contributed by atoms with Crippen LogP contribution in [0.2, 0.25) is 0 Å². The zero-order valence-electron chi connectivity index (χ0n) is 7.98. The molecule has 1 aromatic rings. The minimum absolute atomic E-state index is 0.582. The first-order valence-corrected chi connectivity index (χ1v) is 5.75. The number of rotatable bonds is 3. The highest BCUT2D eigenvalue weighted by Gasteiger charge is 2.15. The lowest BCUT2D eigenvalue weighted by Gasteiger charge is -2.06. The van der Waals surface area contributed by atoms with Crippen LogP contribution in [0.15, 0.2) is 23.2 Å². The minimum atomic E-state index is 0.582. The predicted octanol–water partition coefficient (Wildman–Crippen LogP) is 1.79. The van der Waals surface area contributed by atoms with E-state index < -0.39 is 0 Å². The van der Waals surface area contributed by atoms with Crippen LogP contribution in [0.1, 0.15) is 6.42 Å². The number of thioether (sulfide) groups is 1. The van der Waals surface area contributed by atoms with Gasteiger partial charge in [0.1, 0.15) is 5.82 Å². The first-order valence-electron chi connectivity index (χ1n) is 4.76. The lowest BCUT2D eigenvalue weighted by Crippen LogP contribution is -2.02. The topological polar surface area (TPSA) is 48.1 Å². The summed E-state index contributed by atoms with van der Waals surface area (Å²) in [5, 5.41) is 0. The maximum atomic E-state index is 5.50. The third-order valence-electron chi connectivity index (χ3n) is 2.27. The van der Waals surface area contributed by atoms with Gasteiger partial charge in [0.25, 0.3) is 0 Å². The highest BCUT2D eigenvalue weighted by Crippen LogP contribution is 2.24. The molecule has 1 aromatic heterocycles. The number of nitrogens with two attached hydrogens (primary N) is 1. The number of hydrogen-bond acceptors (Lipinski definition) is 4. The molecule has 1 fully saturated rings. The molecule has 14 heavy (non-hydrogen) atoms. The van der Waals surface area contributed by atoms with Gasteiger partial charge < -0.3 is 10.5 Å². The quantitative estimate of drug-likeness (QED) is 0.773. The molecule has 4 heteroatoms. The summed E-state index contributed by atoms with van der Waals surface area (Å²) in [5.41, 5.74) is 5.50. The van der Waals surface area contributed by atoms with Gasteiger partial charge in [-0.3, -0.25) is 0 Å². The van der Waals surface area contributed by atoms with E-state index >= 15 is 0 Å². The molecular formula is C10H14N2OS. The Kier molecular flexibility index (Phi) is 3.26. The van der Waals surface area contributed by atoms with Crippen molar-refractivity contribution < 1.29 is 4.74 Å². The SMILES string of the molecule is Nc1ccc(SCC2CCOC2)cn1. The summed E-state index contributed by atoms with van der Waals surface area (Å²) in [6.07, 6.45) is 3.02. The van der Waals surface area contributed by atoms with Crippen molar-refractivity contribution in [3.05, 3.63) is 18.3 Å². The van der Waals surface area contributed by atoms with Crippen molar-refractivity contribution in [3.63, 3.8) is 0 Å². The van der Waals surface area contributed by atoms with Gasteiger partial charge in [-0.25, -0.2) is 4.98 Å². The Morgan fingerprint density at radius 3 is 3.14 bits per heavy atom. The fraction of sp³-hybridized carbons (Fsp3) is 0.500. The van der Waals surface area contributed by atoms with E-state index in [-0.39, 0.29) is 0 Å². The molecule has 1 aliphatic heterocycles. The zero-order valence-corrected chi connectivity index (χ0v) is 8.80. The van der Waals surface area contributed by atoms with Gasteiger partial charge in [0.05, 0.1) is 6.61 Å². The number of ether oxygens (including phenoxy) is 1. The normalized spacial score (nSPS) is 21.3. The molecule has 0 aromatic carbocycles. The monoisotopic (exact) mass is 210 g/mol. The standard InChI is InChI=1S/C10H14N2OS/c11-10-2-1-9(5-12-10)14-7-8-3-4-13-6-8/h1-2,5,8H,3-4,6-7H2,(H2,11,12). The molecule has 2 heterocycles. The fourth-order valence-electron chi connectivity index (χ4n) is 1.41. The van der Waals surface area contributed by atoms with Gasteiger partial charge in [0.2, 0.25) is 0 Å². The van der Waals surface area contributed by atoms with Gasteiger partial charge in [-0.15, -0.1) is 11.8 Å². The minimum Gasteiger partial charge on any atom is -0.384 e. The van der Waals surface area contributed by atoms with E-state index in [1.54, 1.807) is 0 Å². The zero-order chi connectivity index (χ0) is 9.80. The third kappa shape index (κ3) is 2.62. The van der Waals surface area contributed by atoms with Gasteiger partial charge >= 0.3 is 0 Å². The molecular weight excluding hydrogens is 196 g/mol. The summed E-state index contributed by atoms with van der Waals surface area (Å²) in [7, 11) is 0. The third-order valence-corrected chi connectivity index (χ3v) is 3.48. The van der Waals surface area contributed by atoms with Crippen LogP contribution < -0.4 is 5.73 Å². The van der Waals surface area contributed by atoms with E-state index in [0.29, 0.717) is 11.7 Å². The van der Waals surface area contributed by atoms with Crippen molar-refractivity contribution in [2.45, 2.75) is 11.3 Å². The first-order chi connectivity index (χ1) is 6.84. The molecule has 1 aliphatic rings. The van der Waals surface area contributed by atoms with Gasteiger partial charge in [0, 0.05) is 23.5 Å². The van der Waals surface area contributed by atoms with Crippen molar-refractivity contribution >= 4 is 17.6 Å². The molecule has 1 saturated heterocycles. The highest BCUT2D eigenvalue weighted by atomic mass is 32.2. The lowest BCUT2D eigenvalue weighted by atomic mass is 10.2. The summed E-state index contributed by atoms with van der Waals surface area (Å²) < 4.78 is 5.32. The van der Waals surface area contributed by atoms with E-state index in [1.165, 1.54) is 11.3 Å². The number of nitrogens with zero attached hydrogens (tertiary/aromatic N) is 1. The molecule has 3 nitrogen and oxygen atoms in total. The van der Waals surface area contributed by atoms with Crippen LogP contribution in [-0.4, -0.2) is 24.0 Å². The van der Waals surface area contributed by atoms with Crippen molar-refractivity contribution in [2.75, 3.05) is 24.7 Å². The molecule has 2 rings (SSSR count). The largest absolute Gasteiger partial charge is 0.384 e. The Labute approximate surface area is 88.0 Å². The summed E-state index contributed by atoms with van der Waals surface area (Å²) in [6, 6.07) is 3.86. The smallest absolute Gasteiger partial charge is 0.123 e. The Hall–Kier alpha value is -0.740. The number of anilines is 1. The molecule has 0 saturated carbocycles. The summed E-state index contributed by atoms with van der Waals surface area (Å²) in [4.78, 5) is 5.24. The van der Waals surface area contributed by atoms with Crippen LogP contribution in [-0.2, 0) is 4.74 Å². The van der Waals surface area contributed by atoms with Gasteiger partial charge in [-0.05, 0) is 24.5 Å². The molecule has 2 N–H and O–H groups in total. The molecule has 0 radical (unpaired) electrons. The number of pyridine rings is 1. The van der Waals surface area contributed by atoms with Crippen LogP contribution in [0.4, 0.5) is 5.82 Å². The number of hydrogen-bond donors (Lipinski definition) is 1. The maximum Gasteiger partial charge on any atom is 0.123 e. The molecule has 1 unspecified atom stereocenters. The van der Waals surface area contributed by atoms with Crippen LogP contribution in [0.3, 0.4) is 0 Å². The van der Waals surface area contributed by atoms with E-state index in [2.05, 4.69) is 4.98 Å². The van der Waals surface area contributed by atoms with Crippen molar-refractivity contribution in [1.29, 1.82) is 0 Å². The molecule has 0 bridgehead atoms. The van der Waals surface area contributed by atoms with E-state index in [0.717, 1.165) is 19.0 Å². The van der Waals surface area contributed by atoms with Crippen LogP contribution in [0, 0.1) is 5.92 Å². The summed E-state index contributed by atoms with van der Waals surface area (Å²) >= 11 is 1.83. The van der Waals surface area contributed by atoms with E-state index in [1.807, 2.05) is 30.1 Å². The maximum absolute atomic E-state index is 5.50. The Morgan fingerprint density at radius 1 is 1.57 bits per heavy atom. The average molecular weight is 210 g/mol. The molecule has 0 amide bonds. The predicted molar refractivity (Wildman–Crippen MR) is 58.3 cm³/mol. The fourth-order valence-corrected chi connectivity index (χ4v) is 2.39. The summed E-state index contributed by atoms with van der Waals surface area (Å²) in [5.74, 6) is 2.40. The first kappa shape index (κ1) is 9.80. The highest BCUT2D eigenvalue weighted by molar-refractivity contribution is 7.99. The van der Waals surface area contributed by atoms with E-state index in [9.17, 15) is 0 Å². The van der Waals surface area contributed by atoms with Crippen LogP contribution in [0.5, 0.6) is 0 Å². The Balaban J connectivity index is 1.82. The lowest BCUT2D eigenvalue weighted by molar-refractivity contribution is 0.189. The van der Waals surface area contributed by atoms with Crippen LogP contribution >= 0.6 is 11.8 Å². The van der Waals surface area contributed by atoms with E-state index in [4.69, 9.17) is 10.5 Å². The Bertz CT molecular complexity index is 283. The summed E-state index contributed by atoms with van der Waals surface area (Å²) in [6.45, 7) is 1.83. The van der Waals surface area contributed by atoms with Crippen LogP contribution in [0.25, 0.3) is 0 Å². The van der Waals surface area contributed by atoms with Crippen molar-refractivity contribution in [3.8, 4) is 0 Å². The average Bonchev–Trinajstić information content (AvgIpc) is 2.70. The number of nitrogen functional groups attached to an aromatic ring is 1. The molecule has 0 aliphatic carbocycles. The molecule has 0 spiro atoms. The second-order valence-corrected chi connectivity index (χ2v) is 4.55. The van der Waals surface area contributed by atoms with Crippen molar-refractivity contribution in [1.82, 2.24) is 4.98 Å². The number of aromatic nitrogens is 1. The molecule has 1 atom stereocenters. The molecule has 76 valence electrons. The second-order valence-electron chi connectivity index (χ2n) is 3.46. The van der Waals surface area contributed by atoms with Gasteiger partial charge in [-0.1, -0.05) is 0 Å². The van der Waals surface area contributed by atoms with Gasteiger partial charge in [0.15, 0.2) is 0 Å². The Morgan fingerprint density at radius 2 is 2.50 bits per heavy atom. The second kappa shape index (κ2) is 4.66. The van der Waals surface area contributed by atoms with Crippen molar-refractivity contribution in [2.24, 2.45) is 5.92 Å².